The number of hydrogen-bond donors (Lipinski definition) is 3. The predicted octanol–water partition coefficient (Wildman–Crippen LogP) is 0.310. The summed E-state index contributed by atoms with van der Waals surface area (Å²) in [6.07, 6.45) is 2.64. The van der Waals surface area contributed by atoms with Gasteiger partial charge < -0.3 is 16.4 Å². The summed E-state index contributed by atoms with van der Waals surface area (Å²) in [6.45, 7) is 2.94. The van der Waals surface area contributed by atoms with E-state index in [0.717, 1.165) is 6.42 Å². The first-order valence-electron chi connectivity index (χ1n) is 5.90. The maximum Gasteiger partial charge on any atom is 0.251 e. The van der Waals surface area contributed by atoms with Crippen molar-refractivity contribution in [3.63, 3.8) is 0 Å². The molecule has 98 valence electrons. The van der Waals surface area contributed by atoms with Crippen molar-refractivity contribution in [1.82, 2.24) is 15.6 Å². The molecule has 1 aromatic heterocycles. The average Bonchev–Trinajstić information content (AvgIpc) is 2.36. The highest BCUT2D eigenvalue weighted by Crippen LogP contribution is 2.02. The Morgan fingerprint density at radius 3 is 2.78 bits per heavy atom. The highest BCUT2D eigenvalue weighted by Gasteiger charge is 2.06. The van der Waals surface area contributed by atoms with Crippen LogP contribution >= 0.6 is 0 Å². The first-order chi connectivity index (χ1) is 8.63. The van der Waals surface area contributed by atoms with E-state index in [1.807, 2.05) is 6.92 Å². The third kappa shape index (κ3) is 4.82. The fraction of sp³-hybridized carbons (Fsp3) is 0.417. The van der Waals surface area contributed by atoms with Crippen LogP contribution in [0.2, 0.25) is 0 Å². The molecule has 0 saturated heterocycles. The van der Waals surface area contributed by atoms with Crippen molar-refractivity contribution in [1.29, 1.82) is 0 Å². The van der Waals surface area contributed by atoms with Crippen LogP contribution in [0, 0.1) is 0 Å². The van der Waals surface area contributed by atoms with Gasteiger partial charge in [-0.25, -0.2) is 4.98 Å². The Kier molecular flexibility index (Phi) is 5.63. The van der Waals surface area contributed by atoms with Crippen molar-refractivity contribution in [3.8, 4) is 0 Å². The second-order valence-electron chi connectivity index (χ2n) is 3.83. The summed E-state index contributed by atoms with van der Waals surface area (Å²) in [7, 11) is 0. The lowest BCUT2D eigenvalue weighted by atomic mass is 10.2. The van der Waals surface area contributed by atoms with Gasteiger partial charge in [-0.15, -0.1) is 0 Å². The molecule has 0 aromatic carbocycles. The van der Waals surface area contributed by atoms with Crippen LogP contribution in [0.1, 0.15) is 30.1 Å². The number of pyridine rings is 1. The fourth-order valence-corrected chi connectivity index (χ4v) is 1.33. The highest BCUT2D eigenvalue weighted by atomic mass is 16.2. The Bertz CT molecular complexity index is 420. The molecule has 1 heterocycles. The molecule has 0 aliphatic carbocycles. The van der Waals surface area contributed by atoms with Gasteiger partial charge in [-0.05, 0) is 18.6 Å². The largest absolute Gasteiger partial charge is 0.384 e. The number of nitrogens with zero attached hydrogens (tertiary/aromatic N) is 1. The molecule has 0 bridgehead atoms. The molecule has 0 saturated carbocycles. The minimum Gasteiger partial charge on any atom is -0.384 e. The number of nitrogen functional groups attached to an aromatic ring is 1. The number of anilines is 1. The second-order valence-corrected chi connectivity index (χ2v) is 3.83. The summed E-state index contributed by atoms with van der Waals surface area (Å²) >= 11 is 0. The van der Waals surface area contributed by atoms with Gasteiger partial charge in [0.25, 0.3) is 5.91 Å². The van der Waals surface area contributed by atoms with Crippen LogP contribution in [-0.2, 0) is 4.79 Å². The van der Waals surface area contributed by atoms with Gasteiger partial charge in [0.2, 0.25) is 5.91 Å². The van der Waals surface area contributed by atoms with Gasteiger partial charge >= 0.3 is 0 Å². The summed E-state index contributed by atoms with van der Waals surface area (Å²) in [5.74, 6) is -0.0258. The third-order valence-corrected chi connectivity index (χ3v) is 2.25. The van der Waals surface area contributed by atoms with E-state index in [9.17, 15) is 9.59 Å². The Labute approximate surface area is 106 Å². The summed E-state index contributed by atoms with van der Waals surface area (Å²) in [6, 6.07) is 3.06. The van der Waals surface area contributed by atoms with Crippen molar-refractivity contribution >= 4 is 17.6 Å². The number of carbonyl (C=O) groups excluding carboxylic acids is 2. The lowest BCUT2D eigenvalue weighted by Gasteiger charge is -2.06. The van der Waals surface area contributed by atoms with E-state index in [1.54, 1.807) is 6.07 Å². The van der Waals surface area contributed by atoms with Crippen LogP contribution in [0.4, 0.5) is 5.82 Å². The topological polar surface area (TPSA) is 97.1 Å². The summed E-state index contributed by atoms with van der Waals surface area (Å²) in [4.78, 5) is 26.7. The predicted molar refractivity (Wildman–Crippen MR) is 68.9 cm³/mol. The molecule has 0 fully saturated rings. The minimum atomic E-state index is -0.257. The summed E-state index contributed by atoms with van der Waals surface area (Å²) < 4.78 is 0. The molecule has 1 aromatic rings. The molecule has 6 heteroatoms. The molecular weight excluding hydrogens is 232 g/mol. The lowest BCUT2D eigenvalue weighted by molar-refractivity contribution is -0.120. The fourth-order valence-electron chi connectivity index (χ4n) is 1.33. The minimum absolute atomic E-state index is 0.0635. The van der Waals surface area contributed by atoms with Crippen LogP contribution in [0.15, 0.2) is 18.3 Å². The zero-order valence-corrected chi connectivity index (χ0v) is 10.4. The number of aromatic nitrogens is 1. The van der Waals surface area contributed by atoms with E-state index in [4.69, 9.17) is 5.73 Å². The summed E-state index contributed by atoms with van der Waals surface area (Å²) in [5.41, 5.74) is 5.91. The quantitative estimate of drug-likeness (QED) is 0.677. The zero-order chi connectivity index (χ0) is 13.4. The van der Waals surface area contributed by atoms with E-state index < -0.39 is 0 Å². The van der Waals surface area contributed by atoms with Crippen molar-refractivity contribution < 1.29 is 9.59 Å². The van der Waals surface area contributed by atoms with Crippen LogP contribution in [0.25, 0.3) is 0 Å². The lowest BCUT2D eigenvalue weighted by Crippen LogP contribution is -2.31. The molecule has 0 aliphatic heterocycles. The van der Waals surface area contributed by atoms with Crippen LogP contribution in [0.5, 0.6) is 0 Å². The molecule has 6 nitrogen and oxygen atoms in total. The molecule has 0 unspecified atom stereocenters. The maximum atomic E-state index is 11.7. The standard InChI is InChI=1S/C12H18N4O2/c1-2-5-15-11(17)4-7-16-12(18)9-3-6-14-10(13)8-9/h3,6,8H,2,4-5,7H2,1H3,(H2,13,14)(H,15,17)(H,16,18). The molecule has 4 N–H and O–H groups in total. The number of hydrogen-bond acceptors (Lipinski definition) is 4. The number of rotatable bonds is 6. The van der Waals surface area contributed by atoms with Gasteiger partial charge in [0.1, 0.15) is 5.82 Å². The van der Waals surface area contributed by atoms with Gasteiger partial charge in [0.05, 0.1) is 0 Å². The molecular formula is C12H18N4O2. The van der Waals surface area contributed by atoms with Gasteiger partial charge in [0.15, 0.2) is 0 Å². The van der Waals surface area contributed by atoms with Crippen LogP contribution in [-0.4, -0.2) is 29.9 Å². The number of amides is 2. The Hall–Kier alpha value is -2.11. The second kappa shape index (κ2) is 7.26. The molecule has 2 amide bonds. The van der Waals surface area contributed by atoms with Gasteiger partial charge in [-0.3, -0.25) is 9.59 Å². The summed E-state index contributed by atoms with van der Waals surface area (Å²) in [5, 5.41) is 5.39. The third-order valence-electron chi connectivity index (χ3n) is 2.25. The SMILES string of the molecule is CCCNC(=O)CCNC(=O)c1ccnc(N)c1. The zero-order valence-electron chi connectivity index (χ0n) is 10.4. The molecule has 0 aliphatic rings. The number of nitrogens with one attached hydrogen (secondary N) is 2. The van der Waals surface area contributed by atoms with E-state index in [0.29, 0.717) is 24.5 Å². The van der Waals surface area contributed by atoms with Gasteiger partial charge in [-0.2, -0.15) is 0 Å². The van der Waals surface area contributed by atoms with Crippen molar-refractivity contribution in [3.05, 3.63) is 23.9 Å². The monoisotopic (exact) mass is 250 g/mol. The van der Waals surface area contributed by atoms with Gasteiger partial charge in [0, 0.05) is 31.3 Å². The molecule has 0 spiro atoms. The Morgan fingerprint density at radius 2 is 2.11 bits per heavy atom. The van der Waals surface area contributed by atoms with E-state index >= 15 is 0 Å². The van der Waals surface area contributed by atoms with Crippen LogP contribution in [0.3, 0.4) is 0 Å². The normalized spacial score (nSPS) is 9.83. The van der Waals surface area contributed by atoms with Crippen molar-refractivity contribution in [2.75, 3.05) is 18.8 Å². The van der Waals surface area contributed by atoms with E-state index in [2.05, 4.69) is 15.6 Å². The molecule has 1 rings (SSSR count). The Morgan fingerprint density at radius 1 is 1.33 bits per heavy atom. The maximum absolute atomic E-state index is 11.7. The van der Waals surface area contributed by atoms with E-state index in [-0.39, 0.29) is 18.2 Å². The molecule has 0 radical (unpaired) electrons. The first-order valence-corrected chi connectivity index (χ1v) is 5.90. The highest BCUT2D eigenvalue weighted by molar-refractivity contribution is 5.94. The number of carbonyl (C=O) groups is 2. The van der Waals surface area contributed by atoms with Gasteiger partial charge in [-0.1, -0.05) is 6.92 Å². The molecule has 18 heavy (non-hydrogen) atoms. The van der Waals surface area contributed by atoms with Crippen molar-refractivity contribution in [2.24, 2.45) is 0 Å². The van der Waals surface area contributed by atoms with E-state index in [1.165, 1.54) is 12.3 Å². The van der Waals surface area contributed by atoms with Crippen molar-refractivity contribution in [2.45, 2.75) is 19.8 Å². The Balaban J connectivity index is 2.31. The average molecular weight is 250 g/mol. The first kappa shape index (κ1) is 14.0. The van der Waals surface area contributed by atoms with Crippen LogP contribution < -0.4 is 16.4 Å². The number of nitrogens with two attached hydrogens (primary N) is 1. The smallest absolute Gasteiger partial charge is 0.251 e. The molecule has 0 atom stereocenters.